The Morgan fingerprint density at radius 1 is 1.41 bits per heavy atom. The van der Waals surface area contributed by atoms with Crippen LogP contribution in [0, 0.1) is 0 Å². The molecule has 2 heterocycles. The van der Waals surface area contributed by atoms with Gasteiger partial charge in [-0.25, -0.2) is 0 Å². The fraction of sp³-hybridized carbons (Fsp3) is 0.714. The molecule has 0 bridgehead atoms. The Balaban J connectivity index is 1.98. The lowest BCUT2D eigenvalue weighted by molar-refractivity contribution is 0.0283. The number of hydrogen-bond acceptors (Lipinski definition) is 2. The van der Waals surface area contributed by atoms with Crippen LogP contribution in [0.3, 0.4) is 0 Å². The minimum absolute atomic E-state index is 0.239. The van der Waals surface area contributed by atoms with Gasteiger partial charge in [0.25, 0.3) is 0 Å². The summed E-state index contributed by atoms with van der Waals surface area (Å²) >= 11 is 0. The largest absolute Gasteiger partial charge is 0.381 e. The summed E-state index contributed by atoms with van der Waals surface area (Å²) in [6.07, 6.45) is 8.03. The summed E-state index contributed by atoms with van der Waals surface area (Å²) < 4.78 is 7.98. The van der Waals surface area contributed by atoms with E-state index in [4.69, 9.17) is 10.5 Å². The molecule has 17 heavy (non-hydrogen) atoms. The highest BCUT2D eigenvalue weighted by Crippen LogP contribution is 2.36. The standard InChI is InChI=1S/C14H22N2O/c1-14(6-9-17-10-7-14)16-8-5-11-12(15)3-2-4-13(11)16/h5,8,12H,2-4,6-7,9-10,15H2,1H3. The van der Waals surface area contributed by atoms with Gasteiger partial charge in [-0.1, -0.05) is 0 Å². The highest BCUT2D eigenvalue weighted by molar-refractivity contribution is 5.29. The first-order valence-electron chi connectivity index (χ1n) is 6.75. The quantitative estimate of drug-likeness (QED) is 0.810. The van der Waals surface area contributed by atoms with Gasteiger partial charge in [0.2, 0.25) is 0 Å². The van der Waals surface area contributed by atoms with Crippen LogP contribution in [-0.2, 0) is 16.7 Å². The van der Waals surface area contributed by atoms with Crippen molar-refractivity contribution in [1.82, 2.24) is 4.57 Å². The molecular weight excluding hydrogens is 212 g/mol. The summed E-state index contributed by atoms with van der Waals surface area (Å²) in [5.74, 6) is 0. The van der Waals surface area contributed by atoms with Crippen LogP contribution in [-0.4, -0.2) is 17.8 Å². The van der Waals surface area contributed by atoms with Gasteiger partial charge in [0.1, 0.15) is 0 Å². The fourth-order valence-corrected chi connectivity index (χ4v) is 3.29. The normalized spacial score (nSPS) is 27.8. The number of nitrogens with zero attached hydrogens (tertiary/aromatic N) is 1. The highest BCUT2D eigenvalue weighted by Gasteiger charge is 2.32. The van der Waals surface area contributed by atoms with Gasteiger partial charge in [-0.15, -0.1) is 0 Å². The first-order chi connectivity index (χ1) is 8.21. The van der Waals surface area contributed by atoms with Gasteiger partial charge in [0.05, 0.1) is 0 Å². The molecule has 3 rings (SSSR count). The molecular formula is C14H22N2O. The predicted octanol–water partition coefficient (Wildman–Crippen LogP) is 2.35. The third kappa shape index (κ3) is 1.81. The number of ether oxygens (including phenoxy) is 1. The van der Waals surface area contributed by atoms with Crippen molar-refractivity contribution in [3.05, 3.63) is 23.5 Å². The molecule has 0 amide bonds. The predicted molar refractivity (Wildman–Crippen MR) is 68.0 cm³/mol. The summed E-state index contributed by atoms with van der Waals surface area (Å²) in [5.41, 5.74) is 9.29. The van der Waals surface area contributed by atoms with Gasteiger partial charge in [-0.05, 0) is 50.7 Å². The topological polar surface area (TPSA) is 40.2 Å². The Labute approximate surface area is 103 Å². The molecule has 1 unspecified atom stereocenters. The van der Waals surface area contributed by atoms with Crippen LogP contribution in [0.4, 0.5) is 0 Å². The average Bonchev–Trinajstić information content (AvgIpc) is 2.76. The number of rotatable bonds is 1. The summed E-state index contributed by atoms with van der Waals surface area (Å²) in [6.45, 7) is 4.13. The maximum atomic E-state index is 6.19. The maximum absolute atomic E-state index is 6.19. The summed E-state index contributed by atoms with van der Waals surface area (Å²) in [4.78, 5) is 0. The van der Waals surface area contributed by atoms with E-state index >= 15 is 0 Å². The number of aromatic nitrogens is 1. The monoisotopic (exact) mass is 234 g/mol. The number of nitrogens with two attached hydrogens (primary N) is 1. The van der Waals surface area contributed by atoms with Gasteiger partial charge >= 0.3 is 0 Å². The Morgan fingerprint density at radius 2 is 2.18 bits per heavy atom. The van der Waals surface area contributed by atoms with Gasteiger partial charge in [0, 0.05) is 36.7 Å². The maximum Gasteiger partial charge on any atom is 0.0488 e. The van der Waals surface area contributed by atoms with Crippen molar-refractivity contribution in [2.24, 2.45) is 5.73 Å². The number of fused-ring (bicyclic) bond motifs is 1. The second-order valence-electron chi connectivity index (χ2n) is 5.70. The molecule has 0 saturated carbocycles. The Hall–Kier alpha value is -0.800. The van der Waals surface area contributed by atoms with Crippen LogP contribution in [0.15, 0.2) is 12.3 Å². The SMILES string of the molecule is CC1(n2ccc3c2CCCC3N)CCOCC1. The van der Waals surface area contributed by atoms with Crippen molar-refractivity contribution >= 4 is 0 Å². The molecule has 0 spiro atoms. The number of hydrogen-bond donors (Lipinski definition) is 1. The van der Waals surface area contributed by atoms with Crippen LogP contribution >= 0.6 is 0 Å². The molecule has 1 fully saturated rings. The Kier molecular flexibility index (Phi) is 2.75. The average molecular weight is 234 g/mol. The molecule has 0 aromatic carbocycles. The van der Waals surface area contributed by atoms with Crippen LogP contribution in [0.25, 0.3) is 0 Å². The zero-order valence-electron chi connectivity index (χ0n) is 10.6. The Morgan fingerprint density at radius 3 is 2.94 bits per heavy atom. The lowest BCUT2D eigenvalue weighted by atomic mass is 9.89. The highest BCUT2D eigenvalue weighted by atomic mass is 16.5. The van der Waals surface area contributed by atoms with Crippen LogP contribution in [0.1, 0.15) is 49.9 Å². The van der Waals surface area contributed by atoms with Gasteiger partial charge in [-0.3, -0.25) is 0 Å². The molecule has 1 saturated heterocycles. The van der Waals surface area contributed by atoms with Crippen molar-refractivity contribution in [3.63, 3.8) is 0 Å². The minimum atomic E-state index is 0.239. The van der Waals surface area contributed by atoms with E-state index in [-0.39, 0.29) is 11.6 Å². The molecule has 1 atom stereocenters. The van der Waals surface area contributed by atoms with Crippen molar-refractivity contribution < 1.29 is 4.74 Å². The van der Waals surface area contributed by atoms with E-state index in [1.165, 1.54) is 24.1 Å². The van der Waals surface area contributed by atoms with E-state index in [9.17, 15) is 0 Å². The third-order valence-electron chi connectivity index (χ3n) is 4.51. The van der Waals surface area contributed by atoms with Crippen LogP contribution in [0.5, 0.6) is 0 Å². The molecule has 2 aliphatic rings. The van der Waals surface area contributed by atoms with Crippen molar-refractivity contribution in [2.45, 2.75) is 50.6 Å². The smallest absolute Gasteiger partial charge is 0.0488 e. The van der Waals surface area contributed by atoms with E-state index < -0.39 is 0 Å². The Bertz CT molecular complexity index is 404. The van der Waals surface area contributed by atoms with E-state index in [0.29, 0.717) is 0 Å². The van der Waals surface area contributed by atoms with E-state index in [1.807, 2.05) is 0 Å². The second-order valence-corrected chi connectivity index (χ2v) is 5.70. The second kappa shape index (κ2) is 4.14. The van der Waals surface area contributed by atoms with E-state index in [2.05, 4.69) is 23.8 Å². The van der Waals surface area contributed by atoms with Crippen LogP contribution < -0.4 is 5.73 Å². The summed E-state index contributed by atoms with van der Waals surface area (Å²) in [7, 11) is 0. The van der Waals surface area contributed by atoms with E-state index in [0.717, 1.165) is 32.5 Å². The minimum Gasteiger partial charge on any atom is -0.381 e. The van der Waals surface area contributed by atoms with Crippen molar-refractivity contribution in [1.29, 1.82) is 0 Å². The summed E-state index contributed by atoms with van der Waals surface area (Å²) in [5, 5.41) is 0. The molecule has 3 nitrogen and oxygen atoms in total. The molecule has 0 radical (unpaired) electrons. The van der Waals surface area contributed by atoms with Gasteiger partial charge in [0.15, 0.2) is 0 Å². The van der Waals surface area contributed by atoms with Gasteiger partial charge in [-0.2, -0.15) is 0 Å². The molecule has 1 aromatic rings. The fourth-order valence-electron chi connectivity index (χ4n) is 3.29. The zero-order valence-corrected chi connectivity index (χ0v) is 10.6. The molecule has 2 N–H and O–H groups in total. The third-order valence-corrected chi connectivity index (χ3v) is 4.51. The molecule has 94 valence electrons. The van der Waals surface area contributed by atoms with Crippen molar-refractivity contribution in [3.8, 4) is 0 Å². The first kappa shape index (κ1) is 11.3. The lowest BCUT2D eigenvalue weighted by Gasteiger charge is -2.38. The van der Waals surface area contributed by atoms with Gasteiger partial charge < -0.3 is 15.0 Å². The molecule has 1 aliphatic carbocycles. The van der Waals surface area contributed by atoms with E-state index in [1.54, 1.807) is 0 Å². The molecule has 1 aromatic heterocycles. The zero-order chi connectivity index (χ0) is 11.9. The molecule has 3 heteroatoms. The van der Waals surface area contributed by atoms with Crippen molar-refractivity contribution in [2.75, 3.05) is 13.2 Å². The first-order valence-corrected chi connectivity index (χ1v) is 6.75. The molecule has 1 aliphatic heterocycles. The summed E-state index contributed by atoms with van der Waals surface area (Å²) in [6, 6.07) is 2.49. The van der Waals surface area contributed by atoms with Crippen LogP contribution in [0.2, 0.25) is 0 Å². The lowest BCUT2D eigenvalue weighted by Crippen LogP contribution is -2.38.